The highest BCUT2D eigenvalue weighted by atomic mass is 16.1. The van der Waals surface area contributed by atoms with Crippen LogP contribution in [-0.2, 0) is 0 Å². The van der Waals surface area contributed by atoms with E-state index in [0.29, 0.717) is 6.54 Å². The van der Waals surface area contributed by atoms with E-state index in [2.05, 4.69) is 27.8 Å². The molecule has 1 fully saturated rings. The van der Waals surface area contributed by atoms with Crippen LogP contribution < -0.4 is 4.90 Å². The van der Waals surface area contributed by atoms with Gasteiger partial charge in [0.15, 0.2) is 5.78 Å². The van der Waals surface area contributed by atoms with Crippen molar-refractivity contribution in [3.05, 3.63) is 59.3 Å². The molecule has 0 unspecified atom stereocenters. The molecule has 1 aliphatic rings. The number of Topliss-reactive ketones (excluding diaryl/α,β-unsaturated/α-hetero) is 1. The molecule has 0 bridgehead atoms. The summed E-state index contributed by atoms with van der Waals surface area (Å²) in [6.45, 7) is 8.19. The minimum atomic E-state index is 0.216. The van der Waals surface area contributed by atoms with E-state index in [-0.39, 0.29) is 5.78 Å². The van der Waals surface area contributed by atoms with Crippen LogP contribution in [0.4, 0.5) is 5.82 Å². The molecule has 2 heterocycles. The van der Waals surface area contributed by atoms with Gasteiger partial charge >= 0.3 is 0 Å². The number of hydrogen-bond donors (Lipinski definition) is 0. The van der Waals surface area contributed by atoms with E-state index < -0.39 is 0 Å². The lowest BCUT2D eigenvalue weighted by atomic mass is 10.0. The van der Waals surface area contributed by atoms with Crippen LogP contribution in [0, 0.1) is 13.8 Å². The Morgan fingerprint density at radius 1 is 1.09 bits per heavy atom. The second-order valence-electron chi connectivity index (χ2n) is 6.19. The molecule has 0 N–H and O–H groups in total. The van der Waals surface area contributed by atoms with E-state index in [4.69, 9.17) is 0 Å². The van der Waals surface area contributed by atoms with Crippen molar-refractivity contribution in [3.8, 4) is 0 Å². The highest BCUT2D eigenvalue weighted by Gasteiger charge is 2.20. The first-order chi connectivity index (χ1) is 11.1. The summed E-state index contributed by atoms with van der Waals surface area (Å²) in [5.41, 5.74) is 3.12. The van der Waals surface area contributed by atoms with Crippen molar-refractivity contribution in [1.29, 1.82) is 0 Å². The number of carbonyl (C=O) groups excluding carboxylic acids is 1. The summed E-state index contributed by atoms with van der Waals surface area (Å²) in [4.78, 5) is 21.4. The Hall–Kier alpha value is -2.20. The van der Waals surface area contributed by atoms with Crippen LogP contribution in [0.5, 0.6) is 0 Å². The smallest absolute Gasteiger partial charge is 0.177 e. The molecule has 0 spiro atoms. The summed E-state index contributed by atoms with van der Waals surface area (Å²) in [6, 6.07) is 12.0. The van der Waals surface area contributed by atoms with Gasteiger partial charge in [0.25, 0.3) is 0 Å². The summed E-state index contributed by atoms with van der Waals surface area (Å²) in [7, 11) is 0. The number of anilines is 1. The number of aryl methyl sites for hydroxylation is 2. The fourth-order valence-corrected chi connectivity index (χ4v) is 3.09. The van der Waals surface area contributed by atoms with Gasteiger partial charge in [-0.15, -0.1) is 0 Å². The van der Waals surface area contributed by atoms with E-state index >= 15 is 0 Å². The summed E-state index contributed by atoms with van der Waals surface area (Å²) in [5, 5.41) is 0. The van der Waals surface area contributed by atoms with E-state index in [0.717, 1.165) is 43.1 Å². The Labute approximate surface area is 137 Å². The molecular weight excluding hydrogens is 286 g/mol. The second-order valence-corrected chi connectivity index (χ2v) is 6.19. The van der Waals surface area contributed by atoms with E-state index in [1.165, 1.54) is 5.56 Å². The maximum atomic E-state index is 12.5. The molecule has 3 rings (SSSR count). The van der Waals surface area contributed by atoms with Crippen molar-refractivity contribution >= 4 is 11.6 Å². The molecule has 0 aliphatic carbocycles. The Balaban J connectivity index is 1.57. The molecule has 1 aromatic carbocycles. The number of piperazine rings is 1. The van der Waals surface area contributed by atoms with Crippen LogP contribution >= 0.6 is 0 Å². The number of ketones is 1. The lowest BCUT2D eigenvalue weighted by Crippen LogP contribution is -2.48. The summed E-state index contributed by atoms with van der Waals surface area (Å²) < 4.78 is 0. The number of aromatic nitrogens is 1. The standard InChI is InChI=1S/C19H23N3O/c1-15-6-7-17(16(2)13-15)18(23)14-21-9-11-22(12-10-21)19-5-3-4-8-20-19/h3-8,13H,9-12,14H2,1-2H3. The van der Waals surface area contributed by atoms with Gasteiger partial charge in [-0.1, -0.05) is 29.8 Å². The number of rotatable bonds is 4. The lowest BCUT2D eigenvalue weighted by Gasteiger charge is -2.35. The third-order valence-corrected chi connectivity index (χ3v) is 4.40. The zero-order valence-corrected chi connectivity index (χ0v) is 13.8. The Morgan fingerprint density at radius 3 is 2.52 bits per heavy atom. The number of benzene rings is 1. The fraction of sp³-hybridized carbons (Fsp3) is 0.368. The molecule has 0 amide bonds. The van der Waals surface area contributed by atoms with Crippen LogP contribution in [0.2, 0.25) is 0 Å². The van der Waals surface area contributed by atoms with Crippen LogP contribution in [0.3, 0.4) is 0 Å². The first-order valence-corrected chi connectivity index (χ1v) is 8.12. The van der Waals surface area contributed by atoms with Gasteiger partial charge in [0.2, 0.25) is 0 Å². The third kappa shape index (κ3) is 3.77. The van der Waals surface area contributed by atoms with Crippen molar-refractivity contribution in [2.45, 2.75) is 13.8 Å². The molecule has 120 valence electrons. The van der Waals surface area contributed by atoms with Gasteiger partial charge in [0, 0.05) is 37.9 Å². The average molecular weight is 309 g/mol. The van der Waals surface area contributed by atoms with Gasteiger partial charge in [-0.05, 0) is 31.5 Å². The van der Waals surface area contributed by atoms with Gasteiger partial charge in [-0.2, -0.15) is 0 Å². The third-order valence-electron chi connectivity index (χ3n) is 4.40. The van der Waals surface area contributed by atoms with Gasteiger partial charge in [-0.25, -0.2) is 4.98 Å². The molecule has 1 saturated heterocycles. The van der Waals surface area contributed by atoms with E-state index in [9.17, 15) is 4.79 Å². The summed E-state index contributed by atoms with van der Waals surface area (Å²) in [5.74, 6) is 1.24. The van der Waals surface area contributed by atoms with Crippen molar-refractivity contribution in [2.24, 2.45) is 0 Å². The van der Waals surface area contributed by atoms with Crippen molar-refractivity contribution in [3.63, 3.8) is 0 Å². The normalized spacial score (nSPS) is 15.7. The largest absolute Gasteiger partial charge is 0.354 e. The quantitative estimate of drug-likeness (QED) is 0.814. The predicted octanol–water partition coefficient (Wildman–Crippen LogP) is 2.70. The fourth-order valence-electron chi connectivity index (χ4n) is 3.09. The minimum absolute atomic E-state index is 0.216. The Kier molecular flexibility index (Phi) is 4.72. The molecule has 2 aromatic rings. The molecule has 1 aromatic heterocycles. The number of carbonyl (C=O) groups is 1. The van der Waals surface area contributed by atoms with E-state index in [1.807, 2.05) is 43.5 Å². The zero-order chi connectivity index (χ0) is 16.2. The molecule has 0 radical (unpaired) electrons. The van der Waals surface area contributed by atoms with Crippen LogP contribution in [0.15, 0.2) is 42.6 Å². The summed E-state index contributed by atoms with van der Waals surface area (Å²) in [6.07, 6.45) is 1.82. The predicted molar refractivity (Wildman–Crippen MR) is 93.1 cm³/mol. The van der Waals surface area contributed by atoms with Crippen molar-refractivity contribution < 1.29 is 4.79 Å². The monoisotopic (exact) mass is 309 g/mol. The molecule has 1 aliphatic heterocycles. The maximum Gasteiger partial charge on any atom is 0.177 e. The first kappa shape index (κ1) is 15.7. The highest BCUT2D eigenvalue weighted by Crippen LogP contribution is 2.15. The molecule has 0 saturated carbocycles. The average Bonchev–Trinajstić information content (AvgIpc) is 2.56. The first-order valence-electron chi connectivity index (χ1n) is 8.12. The molecule has 4 nitrogen and oxygen atoms in total. The molecule has 4 heteroatoms. The molecular formula is C19H23N3O. The van der Waals surface area contributed by atoms with Crippen LogP contribution in [0.25, 0.3) is 0 Å². The summed E-state index contributed by atoms with van der Waals surface area (Å²) >= 11 is 0. The van der Waals surface area contributed by atoms with E-state index in [1.54, 1.807) is 0 Å². The zero-order valence-electron chi connectivity index (χ0n) is 13.8. The number of nitrogens with zero attached hydrogens (tertiary/aromatic N) is 3. The van der Waals surface area contributed by atoms with Gasteiger partial charge in [0.1, 0.15) is 5.82 Å². The van der Waals surface area contributed by atoms with Gasteiger partial charge in [-0.3, -0.25) is 9.69 Å². The Morgan fingerprint density at radius 2 is 1.87 bits per heavy atom. The SMILES string of the molecule is Cc1ccc(C(=O)CN2CCN(c3ccccn3)CC2)c(C)c1. The number of hydrogen-bond acceptors (Lipinski definition) is 4. The second kappa shape index (κ2) is 6.92. The maximum absolute atomic E-state index is 12.5. The topological polar surface area (TPSA) is 36.4 Å². The van der Waals surface area contributed by atoms with Crippen LogP contribution in [-0.4, -0.2) is 48.4 Å². The van der Waals surface area contributed by atoms with Crippen LogP contribution in [0.1, 0.15) is 21.5 Å². The van der Waals surface area contributed by atoms with Crippen molar-refractivity contribution in [1.82, 2.24) is 9.88 Å². The van der Waals surface area contributed by atoms with Gasteiger partial charge in [0.05, 0.1) is 6.54 Å². The highest BCUT2D eigenvalue weighted by molar-refractivity contribution is 5.99. The van der Waals surface area contributed by atoms with Crippen molar-refractivity contribution in [2.75, 3.05) is 37.6 Å². The molecule has 0 atom stereocenters. The lowest BCUT2D eigenvalue weighted by molar-refractivity contribution is 0.0925. The minimum Gasteiger partial charge on any atom is -0.354 e. The Bertz CT molecular complexity index is 676. The number of pyridine rings is 1. The van der Waals surface area contributed by atoms with Gasteiger partial charge < -0.3 is 4.90 Å². The molecule has 23 heavy (non-hydrogen) atoms.